The van der Waals surface area contributed by atoms with E-state index >= 15 is 0 Å². The van der Waals surface area contributed by atoms with Crippen LogP contribution in [-0.4, -0.2) is 6.22 Å². The highest BCUT2D eigenvalue weighted by Crippen LogP contribution is 2.18. The Labute approximate surface area is 67.8 Å². The summed E-state index contributed by atoms with van der Waals surface area (Å²) in [5.74, 6) is 0. The summed E-state index contributed by atoms with van der Waals surface area (Å²) in [5, 5.41) is 0. The monoisotopic (exact) mass is 172 g/mol. The quantitative estimate of drug-likeness (QED) is 0.641. The molecule has 0 N–H and O–H groups in total. The van der Waals surface area contributed by atoms with Crippen molar-refractivity contribution in [3.63, 3.8) is 0 Å². The van der Waals surface area contributed by atoms with Crippen molar-refractivity contribution >= 4 is 6.22 Å². The van der Waals surface area contributed by atoms with Crippen molar-refractivity contribution in [3.8, 4) is 0 Å². The molecule has 1 unspecified atom stereocenters. The maximum absolute atomic E-state index is 12.7. The van der Waals surface area contributed by atoms with Gasteiger partial charge in [0.05, 0.1) is 0 Å². The van der Waals surface area contributed by atoms with Gasteiger partial charge < -0.3 is 4.74 Å². The van der Waals surface area contributed by atoms with E-state index in [-0.39, 0.29) is 5.56 Å². The minimum Gasteiger partial charge on any atom is -0.401 e. The molecule has 64 valence electrons. The number of hydrogen-bond acceptors (Lipinski definition) is 2. The van der Waals surface area contributed by atoms with Crippen LogP contribution >= 0.6 is 0 Å². The number of alkyl halides is 1. The Hall–Kier alpha value is -1.45. The first-order valence-electron chi connectivity index (χ1n) is 3.25. The van der Waals surface area contributed by atoms with Crippen LogP contribution in [0.5, 0.6) is 0 Å². The Morgan fingerprint density at radius 2 is 1.92 bits per heavy atom. The average molecular weight is 172 g/mol. The first kappa shape index (κ1) is 8.64. The molecule has 1 atom stereocenters. The third-order valence-electron chi connectivity index (χ3n) is 1.26. The summed E-state index contributed by atoms with van der Waals surface area (Å²) in [6.07, 6.45) is -4.14. The number of hydrogen-bond donors (Lipinski definition) is 0. The largest absolute Gasteiger partial charge is 0.498 e. The summed E-state index contributed by atoms with van der Waals surface area (Å²) in [6.45, 7) is 0. The Bertz CT molecular complexity index is 261. The minimum atomic E-state index is -2.12. The lowest BCUT2D eigenvalue weighted by Crippen LogP contribution is -2.00. The van der Waals surface area contributed by atoms with Gasteiger partial charge in [-0.15, -0.1) is 4.39 Å². The molecule has 12 heavy (non-hydrogen) atoms. The molecule has 1 aromatic rings. The molecule has 4 heteroatoms. The molecule has 1 aromatic carbocycles. The molecule has 0 saturated carbocycles. The molecule has 0 heterocycles. The zero-order valence-electron chi connectivity index (χ0n) is 6.04. The molecule has 0 aliphatic rings. The number of benzene rings is 1. The van der Waals surface area contributed by atoms with E-state index in [0.29, 0.717) is 0 Å². The molecule has 0 bridgehead atoms. The van der Waals surface area contributed by atoms with E-state index in [2.05, 4.69) is 4.74 Å². The zero-order valence-corrected chi connectivity index (χ0v) is 6.04. The van der Waals surface area contributed by atoms with E-state index in [4.69, 9.17) is 0 Å². The van der Waals surface area contributed by atoms with Crippen molar-refractivity contribution in [1.29, 1.82) is 0 Å². The molecular weight excluding hydrogens is 166 g/mol. The highest BCUT2D eigenvalue weighted by atomic mass is 19.2. The maximum Gasteiger partial charge on any atom is 0.498 e. The Morgan fingerprint density at radius 3 is 2.42 bits per heavy atom. The Balaban J connectivity index is 2.65. The second-order valence-corrected chi connectivity index (χ2v) is 2.08. The molecule has 0 spiro atoms. The van der Waals surface area contributed by atoms with E-state index < -0.39 is 12.6 Å². The van der Waals surface area contributed by atoms with Crippen LogP contribution in [-0.2, 0) is 4.74 Å². The topological polar surface area (TPSA) is 26.3 Å². The van der Waals surface area contributed by atoms with Crippen LogP contribution < -0.4 is 0 Å². The second kappa shape index (κ2) is 3.80. The van der Waals surface area contributed by atoms with Crippen molar-refractivity contribution < 1.29 is 18.3 Å². The smallest absolute Gasteiger partial charge is 0.401 e. The number of carbonyl (C=O) groups excluding carboxylic acids is 1. The molecular formula is C8H6F2O2. The lowest BCUT2D eigenvalue weighted by molar-refractivity contribution is -0.00125. The normalized spacial score (nSPS) is 12.2. The predicted molar refractivity (Wildman–Crippen MR) is 37.9 cm³/mol. The summed E-state index contributed by atoms with van der Waals surface area (Å²) in [5.41, 5.74) is 0.114. The fraction of sp³-hybridized carbons (Fsp3) is 0.125. The molecule has 0 aliphatic carbocycles. The van der Waals surface area contributed by atoms with Gasteiger partial charge in [-0.3, -0.25) is 0 Å². The highest BCUT2D eigenvalue weighted by molar-refractivity contribution is 5.58. The van der Waals surface area contributed by atoms with E-state index in [9.17, 15) is 13.6 Å². The molecule has 0 aliphatic heterocycles. The minimum absolute atomic E-state index is 0.114. The second-order valence-electron chi connectivity index (χ2n) is 2.08. The van der Waals surface area contributed by atoms with E-state index in [1.165, 1.54) is 12.1 Å². The van der Waals surface area contributed by atoms with E-state index in [1.807, 2.05) is 0 Å². The van der Waals surface area contributed by atoms with E-state index in [1.54, 1.807) is 18.2 Å². The van der Waals surface area contributed by atoms with Crippen LogP contribution in [0, 0.1) is 0 Å². The zero-order chi connectivity index (χ0) is 8.97. The van der Waals surface area contributed by atoms with Gasteiger partial charge in [-0.2, -0.15) is 4.39 Å². The van der Waals surface area contributed by atoms with Crippen molar-refractivity contribution in [2.45, 2.75) is 6.36 Å². The van der Waals surface area contributed by atoms with Gasteiger partial charge in [-0.05, 0) is 0 Å². The van der Waals surface area contributed by atoms with Gasteiger partial charge in [0.1, 0.15) is 0 Å². The van der Waals surface area contributed by atoms with Gasteiger partial charge >= 0.3 is 6.22 Å². The van der Waals surface area contributed by atoms with Gasteiger partial charge in [0.2, 0.25) is 0 Å². The van der Waals surface area contributed by atoms with Gasteiger partial charge in [-0.25, -0.2) is 4.79 Å². The summed E-state index contributed by atoms with van der Waals surface area (Å²) < 4.78 is 27.9. The Morgan fingerprint density at radius 1 is 1.33 bits per heavy atom. The number of ether oxygens (including phenoxy) is 1. The molecule has 1 rings (SSSR count). The lowest BCUT2D eigenvalue weighted by atomic mass is 10.2. The third kappa shape index (κ3) is 2.30. The number of halogens is 2. The molecule has 0 radical (unpaired) electrons. The fourth-order valence-electron chi connectivity index (χ4n) is 0.754. The standard InChI is InChI=1S/C8H6F2O2/c9-7(12-8(10)11)6-4-2-1-3-5-6/h1-5,7H. The van der Waals surface area contributed by atoms with Crippen molar-refractivity contribution in [2.24, 2.45) is 0 Å². The van der Waals surface area contributed by atoms with Crippen LogP contribution in [0.3, 0.4) is 0 Å². The average Bonchev–Trinajstić information content (AvgIpc) is 2.05. The molecule has 0 saturated heterocycles. The van der Waals surface area contributed by atoms with Crippen LogP contribution in [0.1, 0.15) is 11.9 Å². The van der Waals surface area contributed by atoms with E-state index in [0.717, 1.165) is 0 Å². The lowest BCUT2D eigenvalue weighted by Gasteiger charge is -2.05. The van der Waals surface area contributed by atoms with Crippen molar-refractivity contribution in [1.82, 2.24) is 0 Å². The summed E-state index contributed by atoms with van der Waals surface area (Å²) in [6, 6.07) is 7.59. The maximum atomic E-state index is 12.7. The van der Waals surface area contributed by atoms with Crippen molar-refractivity contribution in [2.75, 3.05) is 0 Å². The first-order chi connectivity index (χ1) is 5.70. The summed E-state index contributed by atoms with van der Waals surface area (Å²) >= 11 is 0. The van der Waals surface area contributed by atoms with Gasteiger partial charge in [-0.1, -0.05) is 30.3 Å². The summed E-state index contributed by atoms with van der Waals surface area (Å²) in [7, 11) is 0. The molecule has 2 nitrogen and oxygen atoms in total. The molecule has 0 aromatic heterocycles. The van der Waals surface area contributed by atoms with Crippen LogP contribution in [0.2, 0.25) is 0 Å². The summed E-state index contributed by atoms with van der Waals surface area (Å²) in [4.78, 5) is 9.70. The van der Waals surface area contributed by atoms with Crippen molar-refractivity contribution in [3.05, 3.63) is 35.9 Å². The van der Waals surface area contributed by atoms with Crippen LogP contribution in [0.15, 0.2) is 30.3 Å². The van der Waals surface area contributed by atoms with Crippen LogP contribution in [0.4, 0.5) is 13.6 Å². The first-order valence-corrected chi connectivity index (χ1v) is 3.25. The number of rotatable bonds is 2. The highest BCUT2D eigenvalue weighted by Gasteiger charge is 2.13. The predicted octanol–water partition coefficient (Wildman–Crippen LogP) is 2.76. The fourth-order valence-corrected chi connectivity index (χ4v) is 0.754. The molecule has 0 fully saturated rings. The third-order valence-corrected chi connectivity index (χ3v) is 1.26. The Kier molecular flexibility index (Phi) is 2.74. The number of carbonyl (C=O) groups is 1. The van der Waals surface area contributed by atoms with Gasteiger partial charge in [0, 0.05) is 5.56 Å². The van der Waals surface area contributed by atoms with Gasteiger partial charge in [0.15, 0.2) is 0 Å². The van der Waals surface area contributed by atoms with Gasteiger partial charge in [0.25, 0.3) is 6.36 Å². The SMILES string of the molecule is O=C(F)OC(F)c1ccccc1. The molecule has 0 amide bonds. The van der Waals surface area contributed by atoms with Crippen LogP contribution in [0.25, 0.3) is 0 Å².